The molecule has 3 N–H and O–H groups in total. The van der Waals surface area contributed by atoms with E-state index in [1.54, 1.807) is 24.1 Å². The number of likely N-dealkylation sites (tertiary alicyclic amines) is 3. The first-order valence-corrected chi connectivity index (χ1v) is 15.5. The molecule has 0 aliphatic carbocycles. The van der Waals surface area contributed by atoms with Gasteiger partial charge >= 0.3 is 6.03 Å². The van der Waals surface area contributed by atoms with E-state index in [1.165, 1.54) is 22.3 Å². The van der Waals surface area contributed by atoms with Gasteiger partial charge in [-0.25, -0.2) is 13.2 Å². The summed E-state index contributed by atoms with van der Waals surface area (Å²) in [7, 11) is -2.15. The Balaban J connectivity index is 1.30. The molecule has 1 unspecified atom stereocenters. The van der Waals surface area contributed by atoms with Crippen LogP contribution in [0, 0.1) is 0 Å². The number of nitrogens with two attached hydrogens (primary N) is 1. The van der Waals surface area contributed by atoms with E-state index in [0.29, 0.717) is 41.7 Å². The van der Waals surface area contributed by atoms with E-state index in [1.807, 2.05) is 4.90 Å². The third kappa shape index (κ3) is 7.26. The molecule has 3 atom stereocenters. The molecule has 14 heteroatoms. The molecule has 3 aliphatic heterocycles. The molecule has 4 rings (SSSR count). The van der Waals surface area contributed by atoms with E-state index in [2.05, 4.69) is 9.62 Å². The van der Waals surface area contributed by atoms with Crippen molar-refractivity contribution in [3.63, 3.8) is 0 Å². The van der Waals surface area contributed by atoms with Crippen LogP contribution in [0.3, 0.4) is 0 Å². The fourth-order valence-electron chi connectivity index (χ4n) is 5.40. The molecule has 1 aromatic heterocycles. The van der Waals surface area contributed by atoms with E-state index in [0.717, 1.165) is 37.8 Å². The Morgan fingerprint density at radius 3 is 2.68 bits per heavy atom. The molecule has 3 fully saturated rings. The van der Waals surface area contributed by atoms with Crippen molar-refractivity contribution in [1.29, 1.82) is 0 Å². The van der Waals surface area contributed by atoms with Gasteiger partial charge in [-0.2, -0.15) is 4.72 Å². The molecule has 11 nitrogen and oxygen atoms in total. The minimum absolute atomic E-state index is 0.0465. The maximum absolute atomic E-state index is 13.2. The zero-order valence-corrected chi connectivity index (χ0v) is 23.8. The number of likely N-dealkylation sites (N-methyl/N-ethyl adjacent to an activating group) is 1. The van der Waals surface area contributed by atoms with Crippen LogP contribution in [0.2, 0.25) is 4.34 Å². The number of urea groups is 1. The van der Waals surface area contributed by atoms with Gasteiger partial charge < -0.3 is 20.4 Å². The summed E-state index contributed by atoms with van der Waals surface area (Å²) in [6, 6.07) is 2.17. The number of carbonyl (C=O) groups excluding carboxylic acids is 3. The van der Waals surface area contributed by atoms with Gasteiger partial charge in [-0.1, -0.05) is 11.6 Å². The third-order valence-electron chi connectivity index (χ3n) is 7.48. The average Bonchev–Trinajstić information content (AvgIpc) is 3.61. The Kier molecular flexibility index (Phi) is 9.35. The van der Waals surface area contributed by atoms with Crippen molar-refractivity contribution >= 4 is 56.9 Å². The van der Waals surface area contributed by atoms with Gasteiger partial charge in [-0.15, -0.1) is 11.3 Å². The minimum Gasteiger partial charge on any atom is -0.351 e. The van der Waals surface area contributed by atoms with Crippen molar-refractivity contribution in [3.8, 4) is 0 Å². The van der Waals surface area contributed by atoms with Gasteiger partial charge in [0.1, 0.15) is 6.04 Å². The molecule has 3 aliphatic rings. The number of rotatable bonds is 9. The quantitative estimate of drug-likeness (QED) is 0.448. The second-order valence-corrected chi connectivity index (χ2v) is 13.4. The highest BCUT2D eigenvalue weighted by atomic mass is 35.5. The molecule has 38 heavy (non-hydrogen) atoms. The number of thiophene rings is 1. The van der Waals surface area contributed by atoms with Gasteiger partial charge in [0.15, 0.2) is 0 Å². The highest BCUT2D eigenvalue weighted by Crippen LogP contribution is 2.24. The molecule has 3 saturated heterocycles. The fourth-order valence-corrected chi connectivity index (χ4v) is 7.47. The Hall–Kier alpha value is -2.19. The summed E-state index contributed by atoms with van der Waals surface area (Å²) < 4.78 is 28.2. The van der Waals surface area contributed by atoms with Gasteiger partial charge in [0.2, 0.25) is 21.8 Å². The number of nitrogens with zero attached hydrogens (tertiary/aromatic N) is 4. The van der Waals surface area contributed by atoms with Crippen LogP contribution in [0.1, 0.15) is 37.0 Å². The number of hydrogen-bond acceptors (Lipinski definition) is 7. The summed E-state index contributed by atoms with van der Waals surface area (Å²) in [6.45, 7) is 3.26. The summed E-state index contributed by atoms with van der Waals surface area (Å²) in [4.78, 5) is 45.6. The number of carbonyl (C=O) groups is 3. The second kappa shape index (κ2) is 12.3. The standard InChI is InChI=1S/C24H35ClN6O5S2/c1-28(24(26)34)17-8-12-29(14-17)15-18-4-2-11-31(18)22(32)16-30-10-3-5-20(23(30)33)27-38(35,36)13-9-19-6-7-21(25)37-19/h6-7,9,13,17-18,20,27H,2-5,8,10-12,14-16H2,1H3,(H2,26,34)/b13-9+/t17?,18-,20-/m0/s1. The molecule has 1 aromatic rings. The normalized spacial score (nSPS) is 25.0. The van der Waals surface area contributed by atoms with Gasteiger partial charge in [0.25, 0.3) is 0 Å². The first kappa shape index (κ1) is 28.8. The molecular weight excluding hydrogens is 552 g/mol. The predicted octanol–water partition coefficient (Wildman–Crippen LogP) is 1.36. The number of primary amides is 1. The molecule has 210 valence electrons. The lowest BCUT2D eigenvalue weighted by Gasteiger charge is -2.34. The van der Waals surface area contributed by atoms with Crippen molar-refractivity contribution in [1.82, 2.24) is 24.3 Å². The van der Waals surface area contributed by atoms with Crippen molar-refractivity contribution in [3.05, 3.63) is 26.8 Å². The third-order valence-corrected chi connectivity index (χ3v) is 9.78. The first-order valence-electron chi connectivity index (χ1n) is 12.8. The van der Waals surface area contributed by atoms with Crippen LogP contribution >= 0.6 is 22.9 Å². The Labute approximate surface area is 232 Å². The molecular formula is C24H35ClN6O5S2. The van der Waals surface area contributed by atoms with Crippen molar-refractivity contribution in [2.24, 2.45) is 5.73 Å². The largest absolute Gasteiger partial charge is 0.351 e. The zero-order valence-electron chi connectivity index (χ0n) is 21.4. The molecule has 4 amide bonds. The number of nitrogens with one attached hydrogen (secondary N) is 1. The van der Waals surface area contributed by atoms with E-state index >= 15 is 0 Å². The molecule has 0 radical (unpaired) electrons. The first-order chi connectivity index (χ1) is 18.0. The number of hydrogen-bond donors (Lipinski definition) is 2. The van der Waals surface area contributed by atoms with Crippen LogP contribution in [0.5, 0.6) is 0 Å². The molecule has 4 heterocycles. The van der Waals surface area contributed by atoms with Crippen LogP contribution < -0.4 is 10.5 Å². The molecule has 0 spiro atoms. The van der Waals surface area contributed by atoms with E-state index < -0.39 is 22.1 Å². The SMILES string of the molecule is CN(C(N)=O)C1CCN(C[C@@H]2CCCN2C(=O)CN2CCC[C@H](NS(=O)(=O)/C=C/c3ccc(Cl)s3)C2=O)C1. The Bertz CT molecular complexity index is 1170. The highest BCUT2D eigenvalue weighted by molar-refractivity contribution is 7.92. The molecule has 0 bridgehead atoms. The van der Waals surface area contributed by atoms with Gasteiger partial charge in [0.05, 0.1) is 10.9 Å². The number of sulfonamides is 1. The predicted molar refractivity (Wildman–Crippen MR) is 147 cm³/mol. The van der Waals surface area contributed by atoms with Crippen LogP contribution in [0.4, 0.5) is 4.79 Å². The molecule has 0 saturated carbocycles. The molecule has 0 aromatic carbocycles. The number of halogens is 1. The van der Waals surface area contributed by atoms with Crippen LogP contribution in [0.25, 0.3) is 6.08 Å². The Morgan fingerprint density at radius 2 is 1.97 bits per heavy atom. The highest BCUT2D eigenvalue weighted by Gasteiger charge is 2.37. The lowest BCUT2D eigenvalue weighted by atomic mass is 10.1. The van der Waals surface area contributed by atoms with Crippen molar-refractivity contribution in [2.45, 2.75) is 50.2 Å². The summed E-state index contributed by atoms with van der Waals surface area (Å²) in [6.07, 6.45) is 5.04. The van der Waals surface area contributed by atoms with E-state index in [4.69, 9.17) is 17.3 Å². The van der Waals surface area contributed by atoms with E-state index in [-0.39, 0.29) is 30.4 Å². The maximum atomic E-state index is 13.2. The van der Waals surface area contributed by atoms with Crippen LogP contribution in [0.15, 0.2) is 17.5 Å². The lowest BCUT2D eigenvalue weighted by molar-refractivity contribution is -0.143. The summed E-state index contributed by atoms with van der Waals surface area (Å²) in [5.74, 6) is -0.503. The van der Waals surface area contributed by atoms with Gasteiger partial charge in [-0.3, -0.25) is 14.5 Å². The van der Waals surface area contributed by atoms with Crippen LogP contribution in [-0.2, 0) is 19.6 Å². The smallest absolute Gasteiger partial charge is 0.314 e. The van der Waals surface area contributed by atoms with Crippen LogP contribution in [-0.4, -0.2) is 110 Å². The maximum Gasteiger partial charge on any atom is 0.314 e. The monoisotopic (exact) mass is 586 g/mol. The van der Waals surface area contributed by atoms with Gasteiger partial charge in [-0.05, 0) is 50.3 Å². The second-order valence-electron chi connectivity index (χ2n) is 10.1. The average molecular weight is 587 g/mol. The van der Waals surface area contributed by atoms with E-state index in [9.17, 15) is 22.8 Å². The Morgan fingerprint density at radius 1 is 1.21 bits per heavy atom. The van der Waals surface area contributed by atoms with Gasteiger partial charge in [0, 0.05) is 62.1 Å². The number of amides is 4. The summed E-state index contributed by atoms with van der Waals surface area (Å²) in [5.41, 5.74) is 5.41. The minimum atomic E-state index is -3.86. The zero-order chi connectivity index (χ0) is 27.4. The fraction of sp³-hybridized carbons (Fsp3) is 0.625. The summed E-state index contributed by atoms with van der Waals surface area (Å²) in [5, 5.41) is 1.03. The summed E-state index contributed by atoms with van der Waals surface area (Å²) >= 11 is 7.14. The van der Waals surface area contributed by atoms with Crippen molar-refractivity contribution in [2.75, 3.05) is 46.3 Å². The topological polar surface area (TPSA) is 136 Å². The number of piperidine rings is 1. The lowest BCUT2D eigenvalue weighted by Crippen LogP contribution is -2.55. The van der Waals surface area contributed by atoms with Crippen molar-refractivity contribution < 1.29 is 22.8 Å².